The molecule has 62 heavy (non-hydrogen) atoms. The minimum Gasteiger partial charge on any atom is -0.289 e. The van der Waals surface area contributed by atoms with Crippen molar-refractivity contribution in [1.82, 2.24) is 0 Å². The molecule has 0 atom stereocenters. The zero-order valence-corrected chi connectivity index (χ0v) is 37.9. The summed E-state index contributed by atoms with van der Waals surface area (Å²) in [5.41, 5.74) is 8.65. The van der Waals surface area contributed by atoms with E-state index < -0.39 is 0 Å². The smallest absolute Gasteiger partial charge is 0.194 e. The second kappa shape index (κ2) is 12.6. The van der Waals surface area contributed by atoms with Crippen LogP contribution < -0.4 is 0 Å². The number of benzene rings is 2. The molecular formula is C50H24N4O2S6. The molecule has 0 aliphatic heterocycles. The zero-order valence-electron chi connectivity index (χ0n) is 33.0. The van der Waals surface area contributed by atoms with Crippen LogP contribution in [-0.4, -0.2) is 11.6 Å². The van der Waals surface area contributed by atoms with Crippen molar-refractivity contribution in [3.63, 3.8) is 0 Å². The number of nitriles is 4. The van der Waals surface area contributed by atoms with Crippen LogP contribution in [0.3, 0.4) is 0 Å². The third-order valence-electron chi connectivity index (χ3n) is 12.6. The summed E-state index contributed by atoms with van der Waals surface area (Å²) in [4.78, 5) is 34.5. The van der Waals surface area contributed by atoms with E-state index in [0.717, 1.165) is 19.2 Å². The summed E-state index contributed by atoms with van der Waals surface area (Å²) in [5, 5.41) is 39.3. The van der Waals surface area contributed by atoms with E-state index in [0.29, 0.717) is 44.5 Å². The second-order valence-corrected chi connectivity index (χ2v) is 22.9. The molecule has 0 bridgehead atoms. The van der Waals surface area contributed by atoms with E-state index in [-0.39, 0.29) is 33.5 Å². The molecule has 0 fully saturated rings. The van der Waals surface area contributed by atoms with Gasteiger partial charge in [-0.15, -0.1) is 68.0 Å². The molecule has 0 radical (unpaired) electrons. The van der Waals surface area contributed by atoms with Gasteiger partial charge in [-0.2, -0.15) is 21.0 Å². The Hall–Kier alpha value is -6.32. The van der Waals surface area contributed by atoms with Crippen LogP contribution in [0.25, 0.3) is 71.0 Å². The van der Waals surface area contributed by atoms with Crippen molar-refractivity contribution in [2.75, 3.05) is 0 Å². The standard InChI is InChI=1S/C50H24N4O2S6/c1-49(2)35-41-31(15-23(57-41)13-29-33(21(17-51)18-52)25-9-5-7-11-27(25)39(29)55)59-43(35)45-37(49)47-48(61-45)38-46(62-47)44-36(50(38,3)4)42-32(60-44)16-24(58-42)14-30-34(22(19-53)20-54)26-10-6-8-12-28(26)40(30)56/h5-16H,1-4H3. The Labute approximate surface area is 378 Å². The van der Waals surface area contributed by atoms with E-state index >= 15 is 0 Å². The molecule has 12 rings (SSSR count). The summed E-state index contributed by atoms with van der Waals surface area (Å²) in [5.74, 6) is -0.341. The number of thiophene rings is 6. The molecule has 2 aromatic carbocycles. The number of hydrogen-bond donors (Lipinski definition) is 0. The number of carbonyl (C=O) groups excluding carboxylic acids is 2. The maximum Gasteiger partial charge on any atom is 0.194 e. The van der Waals surface area contributed by atoms with E-state index in [1.54, 1.807) is 81.7 Å². The number of carbonyl (C=O) groups is 2. The fourth-order valence-corrected chi connectivity index (χ4v) is 19.6. The van der Waals surface area contributed by atoms with Crippen molar-refractivity contribution in [2.24, 2.45) is 0 Å². The summed E-state index contributed by atoms with van der Waals surface area (Å²) < 4.78 is 7.46. The van der Waals surface area contributed by atoms with Crippen LogP contribution in [0, 0.1) is 45.3 Å². The summed E-state index contributed by atoms with van der Waals surface area (Å²) >= 11 is 10.8. The van der Waals surface area contributed by atoms with E-state index in [2.05, 4.69) is 39.8 Å². The van der Waals surface area contributed by atoms with E-state index in [1.807, 2.05) is 71.2 Å². The first-order valence-electron chi connectivity index (χ1n) is 19.5. The monoisotopic (exact) mass is 904 g/mol. The number of rotatable bonds is 2. The van der Waals surface area contributed by atoms with Crippen LogP contribution in [0.5, 0.6) is 0 Å². The normalized spacial score (nSPS) is 17.3. The molecule has 8 aromatic rings. The Morgan fingerprint density at radius 2 is 0.823 bits per heavy atom. The lowest BCUT2D eigenvalue weighted by molar-refractivity contribution is 0.103. The van der Waals surface area contributed by atoms with Gasteiger partial charge in [-0.25, -0.2) is 0 Å². The van der Waals surface area contributed by atoms with Crippen LogP contribution in [0.4, 0.5) is 0 Å². The van der Waals surface area contributed by atoms with Gasteiger partial charge in [-0.3, -0.25) is 9.59 Å². The highest BCUT2D eigenvalue weighted by molar-refractivity contribution is 7.37. The van der Waals surface area contributed by atoms with Crippen molar-refractivity contribution in [3.8, 4) is 43.8 Å². The second-order valence-electron chi connectivity index (χ2n) is 16.6. The number of ketones is 2. The topological polar surface area (TPSA) is 129 Å². The average molecular weight is 905 g/mol. The molecule has 0 spiro atoms. The van der Waals surface area contributed by atoms with Gasteiger partial charge in [0, 0.05) is 63.4 Å². The lowest BCUT2D eigenvalue weighted by atomic mass is 9.82. The van der Waals surface area contributed by atoms with Gasteiger partial charge in [0.1, 0.15) is 35.4 Å². The highest BCUT2D eigenvalue weighted by Gasteiger charge is 2.48. The highest BCUT2D eigenvalue weighted by Crippen LogP contribution is 2.68. The molecule has 4 aliphatic carbocycles. The maximum atomic E-state index is 13.7. The predicted molar refractivity (Wildman–Crippen MR) is 255 cm³/mol. The predicted octanol–water partition coefficient (Wildman–Crippen LogP) is 14.3. The van der Waals surface area contributed by atoms with Gasteiger partial charge < -0.3 is 0 Å². The lowest BCUT2D eigenvalue weighted by Crippen LogP contribution is -2.15. The fourth-order valence-electron chi connectivity index (χ4n) is 10.0. The van der Waals surface area contributed by atoms with E-state index in [4.69, 9.17) is 0 Å². The first-order valence-corrected chi connectivity index (χ1v) is 24.4. The van der Waals surface area contributed by atoms with Crippen molar-refractivity contribution in [2.45, 2.75) is 38.5 Å². The molecule has 12 heteroatoms. The van der Waals surface area contributed by atoms with Crippen molar-refractivity contribution < 1.29 is 9.59 Å². The Morgan fingerprint density at radius 3 is 1.19 bits per heavy atom. The van der Waals surface area contributed by atoms with E-state index in [1.165, 1.54) is 60.6 Å². The van der Waals surface area contributed by atoms with Gasteiger partial charge in [-0.1, -0.05) is 76.2 Å². The summed E-state index contributed by atoms with van der Waals surface area (Å²) in [6, 6.07) is 26.7. The Kier molecular flexibility index (Phi) is 7.63. The Bertz CT molecular complexity index is 3560. The average Bonchev–Trinajstić information content (AvgIpc) is 4.13. The SMILES string of the molecule is CC1(C)c2c(sc3cc(C=C4C(=O)c5ccccc5C4=C(C#N)C#N)sc23)-c2sc3c4c(sc3c21)-c1sc2cc(C=C3C(=O)c5ccccc5C3=C(C#N)C#N)sc2c1C4(C)C. The molecule has 0 saturated heterocycles. The number of nitrogens with zero attached hydrogens (tertiary/aromatic N) is 4. The summed E-state index contributed by atoms with van der Waals surface area (Å²) in [6.07, 6.45) is 3.73. The third-order valence-corrected chi connectivity index (χ3v) is 20.2. The highest BCUT2D eigenvalue weighted by atomic mass is 32.1. The lowest BCUT2D eigenvalue weighted by Gasteiger charge is -2.21. The number of fused-ring (bicyclic) bond motifs is 15. The minimum absolute atomic E-state index is 0.0603. The van der Waals surface area contributed by atoms with Crippen LogP contribution in [0.1, 0.15) is 91.5 Å². The Morgan fingerprint density at radius 1 is 0.484 bits per heavy atom. The van der Waals surface area contributed by atoms with Gasteiger partial charge in [0.25, 0.3) is 0 Å². The van der Waals surface area contributed by atoms with Gasteiger partial charge in [0.2, 0.25) is 0 Å². The quantitative estimate of drug-likeness (QED) is 0.125. The molecule has 0 saturated carbocycles. The molecule has 0 amide bonds. The fraction of sp³-hybridized carbons (Fsp3) is 0.120. The zero-order chi connectivity index (χ0) is 42.7. The molecule has 4 aliphatic rings. The molecule has 292 valence electrons. The molecule has 6 nitrogen and oxygen atoms in total. The van der Waals surface area contributed by atoms with Gasteiger partial charge in [0.15, 0.2) is 11.6 Å². The minimum atomic E-state index is -0.263. The number of hydrogen-bond acceptors (Lipinski definition) is 12. The van der Waals surface area contributed by atoms with Crippen molar-refractivity contribution in [1.29, 1.82) is 21.0 Å². The van der Waals surface area contributed by atoms with Crippen LogP contribution in [-0.2, 0) is 10.8 Å². The van der Waals surface area contributed by atoms with Crippen LogP contribution >= 0.6 is 68.0 Å². The molecule has 6 heterocycles. The first kappa shape index (κ1) is 37.4. The van der Waals surface area contributed by atoms with E-state index in [9.17, 15) is 30.6 Å². The molecule has 0 N–H and O–H groups in total. The summed E-state index contributed by atoms with van der Waals surface area (Å²) in [7, 11) is 0. The van der Waals surface area contributed by atoms with Gasteiger partial charge in [-0.05, 0) is 57.7 Å². The molecule has 0 unspecified atom stereocenters. The molecule has 6 aromatic heterocycles. The third kappa shape index (κ3) is 4.61. The van der Waals surface area contributed by atoms with Gasteiger partial charge >= 0.3 is 0 Å². The van der Waals surface area contributed by atoms with Crippen molar-refractivity contribution in [3.05, 3.63) is 137 Å². The Balaban J connectivity index is 0.937. The first-order chi connectivity index (χ1) is 29.9. The van der Waals surface area contributed by atoms with Crippen LogP contribution in [0.2, 0.25) is 0 Å². The van der Waals surface area contributed by atoms with Gasteiger partial charge in [0.05, 0.1) is 38.3 Å². The maximum absolute atomic E-state index is 13.7. The molecular weight excluding hydrogens is 881 g/mol. The summed E-state index contributed by atoms with van der Waals surface area (Å²) in [6.45, 7) is 9.34. The number of Topliss-reactive ketones (excluding diaryl/α,β-unsaturated/α-hetero) is 2. The van der Waals surface area contributed by atoms with Crippen molar-refractivity contribution >= 4 is 131 Å². The van der Waals surface area contributed by atoms with Crippen LogP contribution in [0.15, 0.2) is 83.0 Å². The number of allylic oxidation sites excluding steroid dienone is 6. The largest absolute Gasteiger partial charge is 0.289 e.